The summed E-state index contributed by atoms with van der Waals surface area (Å²) >= 11 is 0. The highest BCUT2D eigenvalue weighted by Crippen LogP contribution is 2.05. The zero-order valence-corrected chi connectivity index (χ0v) is 7.26. The molecule has 0 aromatic carbocycles. The van der Waals surface area contributed by atoms with E-state index in [9.17, 15) is 4.79 Å². The van der Waals surface area contributed by atoms with Gasteiger partial charge in [-0.3, -0.25) is 4.79 Å². The molecule has 0 unspecified atom stereocenters. The van der Waals surface area contributed by atoms with Crippen LogP contribution in [0.2, 0.25) is 0 Å². The number of hydrogen-bond acceptors (Lipinski definition) is 2. The molecule has 1 N–H and O–H groups in total. The first kappa shape index (κ1) is 8.53. The van der Waals surface area contributed by atoms with Crippen LogP contribution in [-0.4, -0.2) is 37.0 Å². The maximum absolute atomic E-state index is 10.9. The quantitative estimate of drug-likeness (QED) is 0.620. The van der Waals surface area contributed by atoms with Gasteiger partial charge in [0.1, 0.15) is 0 Å². The number of likely N-dealkylation sites (tertiary alicyclic amines) is 1. The third kappa shape index (κ3) is 2.50. The molecule has 1 aliphatic rings. The van der Waals surface area contributed by atoms with Gasteiger partial charge in [0.25, 0.3) is 0 Å². The van der Waals surface area contributed by atoms with Crippen LogP contribution in [0.25, 0.3) is 0 Å². The Balaban J connectivity index is 2.23. The third-order valence-electron chi connectivity index (χ3n) is 2.08. The molecule has 0 bridgehead atoms. The lowest BCUT2D eigenvalue weighted by Gasteiger charge is -2.11. The lowest BCUT2D eigenvalue weighted by atomic mass is 10.2. The Hall–Kier alpha value is -0.570. The first-order chi connectivity index (χ1) is 5.22. The van der Waals surface area contributed by atoms with E-state index in [2.05, 4.69) is 17.3 Å². The fraction of sp³-hybridized carbons (Fsp3) is 0.875. The number of carbonyl (C=O) groups excluding carboxylic acids is 1. The molecule has 0 aromatic heterocycles. The van der Waals surface area contributed by atoms with E-state index in [1.54, 1.807) is 0 Å². The average molecular weight is 156 g/mol. The predicted molar refractivity (Wildman–Crippen MR) is 44.3 cm³/mol. The molecule has 3 nitrogen and oxygen atoms in total. The Kier molecular flexibility index (Phi) is 2.88. The lowest BCUT2D eigenvalue weighted by Crippen LogP contribution is -2.35. The number of hydrogen-bond donors (Lipinski definition) is 1. The maximum Gasteiger partial charge on any atom is 0.219 e. The van der Waals surface area contributed by atoms with Gasteiger partial charge in [0.15, 0.2) is 0 Å². The van der Waals surface area contributed by atoms with Crippen molar-refractivity contribution >= 4 is 5.91 Å². The molecule has 11 heavy (non-hydrogen) atoms. The molecular weight excluding hydrogens is 140 g/mol. The Labute approximate surface area is 67.8 Å². The minimum absolute atomic E-state index is 0.172. The molecule has 64 valence electrons. The van der Waals surface area contributed by atoms with Crippen LogP contribution < -0.4 is 5.32 Å². The first-order valence-electron chi connectivity index (χ1n) is 4.20. The third-order valence-corrected chi connectivity index (χ3v) is 2.08. The standard InChI is InChI=1S/C8H16N2O/c1-3-8(11)9-7-4-5-10(2)6-7/h7H,3-6H2,1-2H3,(H,9,11)/t7-/m0/s1. The summed E-state index contributed by atoms with van der Waals surface area (Å²) in [5.41, 5.74) is 0. The van der Waals surface area contributed by atoms with Crippen molar-refractivity contribution in [1.29, 1.82) is 0 Å². The van der Waals surface area contributed by atoms with Crippen molar-refractivity contribution in [2.75, 3.05) is 20.1 Å². The molecule has 1 aliphatic heterocycles. The van der Waals surface area contributed by atoms with E-state index in [-0.39, 0.29) is 5.91 Å². The summed E-state index contributed by atoms with van der Waals surface area (Å²) in [7, 11) is 2.08. The highest BCUT2D eigenvalue weighted by Gasteiger charge is 2.19. The van der Waals surface area contributed by atoms with Gasteiger partial charge in [0, 0.05) is 19.0 Å². The molecule has 1 fully saturated rings. The van der Waals surface area contributed by atoms with Crippen LogP contribution in [0.15, 0.2) is 0 Å². The molecule has 1 atom stereocenters. The van der Waals surface area contributed by atoms with Crippen LogP contribution in [-0.2, 0) is 4.79 Å². The molecular formula is C8H16N2O. The van der Waals surface area contributed by atoms with Crippen LogP contribution in [0.1, 0.15) is 19.8 Å². The molecule has 0 spiro atoms. The van der Waals surface area contributed by atoms with Crippen LogP contribution in [0.5, 0.6) is 0 Å². The summed E-state index contributed by atoms with van der Waals surface area (Å²) in [6.07, 6.45) is 1.70. The Morgan fingerprint density at radius 3 is 2.91 bits per heavy atom. The second-order valence-corrected chi connectivity index (χ2v) is 3.17. The monoisotopic (exact) mass is 156 g/mol. The fourth-order valence-corrected chi connectivity index (χ4v) is 1.38. The zero-order valence-electron chi connectivity index (χ0n) is 7.26. The van der Waals surface area contributed by atoms with E-state index < -0.39 is 0 Å². The first-order valence-corrected chi connectivity index (χ1v) is 4.20. The zero-order chi connectivity index (χ0) is 8.27. The normalized spacial score (nSPS) is 25.5. The van der Waals surface area contributed by atoms with Gasteiger partial charge in [0.05, 0.1) is 0 Å². The highest BCUT2D eigenvalue weighted by atomic mass is 16.1. The number of amides is 1. The summed E-state index contributed by atoms with van der Waals surface area (Å²) in [5, 5.41) is 2.98. The van der Waals surface area contributed by atoms with E-state index in [0.717, 1.165) is 19.5 Å². The summed E-state index contributed by atoms with van der Waals surface area (Å²) in [5.74, 6) is 0.172. The fourth-order valence-electron chi connectivity index (χ4n) is 1.38. The van der Waals surface area contributed by atoms with Crippen LogP contribution >= 0.6 is 0 Å². The number of nitrogens with one attached hydrogen (secondary N) is 1. The smallest absolute Gasteiger partial charge is 0.219 e. The Bertz CT molecular complexity index is 147. The highest BCUT2D eigenvalue weighted by molar-refractivity contribution is 5.75. The molecule has 1 saturated heterocycles. The number of rotatable bonds is 2. The second-order valence-electron chi connectivity index (χ2n) is 3.17. The van der Waals surface area contributed by atoms with Gasteiger partial charge >= 0.3 is 0 Å². The Morgan fingerprint density at radius 2 is 2.45 bits per heavy atom. The largest absolute Gasteiger partial charge is 0.352 e. The summed E-state index contributed by atoms with van der Waals surface area (Å²) in [6, 6.07) is 0.396. The van der Waals surface area contributed by atoms with Gasteiger partial charge in [0.2, 0.25) is 5.91 Å². The van der Waals surface area contributed by atoms with Gasteiger partial charge in [-0.2, -0.15) is 0 Å². The molecule has 0 aliphatic carbocycles. The summed E-state index contributed by atoms with van der Waals surface area (Å²) in [6.45, 7) is 3.99. The molecule has 1 heterocycles. The SMILES string of the molecule is CCC(=O)N[C@H]1CCN(C)C1. The van der Waals surface area contributed by atoms with Gasteiger partial charge < -0.3 is 10.2 Å². The molecule has 1 amide bonds. The minimum atomic E-state index is 0.172. The number of likely N-dealkylation sites (N-methyl/N-ethyl adjacent to an activating group) is 1. The van der Waals surface area contributed by atoms with E-state index in [4.69, 9.17) is 0 Å². The van der Waals surface area contributed by atoms with Crippen molar-refractivity contribution in [2.45, 2.75) is 25.8 Å². The van der Waals surface area contributed by atoms with E-state index in [0.29, 0.717) is 12.5 Å². The van der Waals surface area contributed by atoms with Gasteiger partial charge in [-0.15, -0.1) is 0 Å². The maximum atomic E-state index is 10.9. The van der Waals surface area contributed by atoms with Crippen LogP contribution in [0, 0.1) is 0 Å². The lowest BCUT2D eigenvalue weighted by molar-refractivity contribution is -0.121. The number of nitrogens with zero attached hydrogens (tertiary/aromatic N) is 1. The summed E-state index contributed by atoms with van der Waals surface area (Å²) in [4.78, 5) is 13.2. The average Bonchev–Trinajstić information content (AvgIpc) is 2.35. The minimum Gasteiger partial charge on any atom is -0.352 e. The number of carbonyl (C=O) groups is 1. The van der Waals surface area contributed by atoms with Gasteiger partial charge in [-0.05, 0) is 20.0 Å². The van der Waals surface area contributed by atoms with E-state index in [1.165, 1.54) is 0 Å². The molecule has 0 saturated carbocycles. The van der Waals surface area contributed by atoms with Crippen LogP contribution in [0.3, 0.4) is 0 Å². The molecule has 0 radical (unpaired) electrons. The second kappa shape index (κ2) is 3.72. The van der Waals surface area contributed by atoms with Crippen molar-refractivity contribution in [3.05, 3.63) is 0 Å². The molecule has 1 rings (SSSR count). The van der Waals surface area contributed by atoms with Crippen molar-refractivity contribution in [1.82, 2.24) is 10.2 Å². The van der Waals surface area contributed by atoms with Crippen molar-refractivity contribution in [2.24, 2.45) is 0 Å². The molecule has 3 heteroatoms. The predicted octanol–water partition coefficient (Wildman–Crippen LogP) is 0.217. The summed E-state index contributed by atoms with van der Waals surface area (Å²) < 4.78 is 0. The molecule has 0 aromatic rings. The van der Waals surface area contributed by atoms with Crippen molar-refractivity contribution in [3.8, 4) is 0 Å². The topological polar surface area (TPSA) is 32.3 Å². The van der Waals surface area contributed by atoms with Gasteiger partial charge in [-0.25, -0.2) is 0 Å². The van der Waals surface area contributed by atoms with E-state index >= 15 is 0 Å². The van der Waals surface area contributed by atoms with Crippen LogP contribution in [0.4, 0.5) is 0 Å². The van der Waals surface area contributed by atoms with E-state index in [1.807, 2.05) is 6.92 Å². The van der Waals surface area contributed by atoms with Crippen molar-refractivity contribution < 1.29 is 4.79 Å². The van der Waals surface area contributed by atoms with Crippen molar-refractivity contribution in [3.63, 3.8) is 0 Å². The Morgan fingerprint density at radius 1 is 1.73 bits per heavy atom. The van der Waals surface area contributed by atoms with Gasteiger partial charge in [-0.1, -0.05) is 6.92 Å².